The minimum Gasteiger partial charge on any atom is -0.410 e. The van der Waals surface area contributed by atoms with Crippen LogP contribution in [0.4, 0.5) is 0 Å². The van der Waals surface area contributed by atoms with Crippen molar-refractivity contribution in [2.45, 2.75) is 39.0 Å². The van der Waals surface area contributed by atoms with Gasteiger partial charge in [-0.05, 0) is 19.0 Å². The van der Waals surface area contributed by atoms with Gasteiger partial charge in [-0.15, -0.1) is 0 Å². The van der Waals surface area contributed by atoms with Crippen LogP contribution in [0.15, 0.2) is 30.3 Å². The van der Waals surface area contributed by atoms with Crippen molar-refractivity contribution in [2.24, 2.45) is 0 Å². The summed E-state index contributed by atoms with van der Waals surface area (Å²) < 4.78 is 5.85. The molecule has 1 aromatic rings. The van der Waals surface area contributed by atoms with Gasteiger partial charge in [0.2, 0.25) is 0 Å². The predicted octanol–water partition coefficient (Wildman–Crippen LogP) is 3.04. The Balaban J connectivity index is 2.61. The maximum Gasteiger partial charge on any atom is 0.190 e. The van der Waals surface area contributed by atoms with E-state index in [9.17, 15) is 4.79 Å². The lowest BCUT2D eigenvalue weighted by Gasteiger charge is -2.18. The Morgan fingerprint density at radius 1 is 1.25 bits per heavy atom. The number of carbonyl (C=O) groups excluding carboxylic acids is 1. The highest BCUT2D eigenvalue weighted by atomic mass is 28.3. The summed E-state index contributed by atoms with van der Waals surface area (Å²) in [6.45, 7) is 6.14. The lowest BCUT2D eigenvalue weighted by Crippen LogP contribution is -2.28. The number of ketones is 1. The lowest BCUT2D eigenvalue weighted by atomic mass is 10.1. The highest BCUT2D eigenvalue weighted by Gasteiger charge is 2.19. The van der Waals surface area contributed by atoms with E-state index in [2.05, 4.69) is 13.8 Å². The number of Topliss-reactive ketones (excluding diaryl/α,β-unsaturated/α-hetero) is 1. The third-order valence-corrected chi connectivity index (χ3v) is 5.35. The van der Waals surface area contributed by atoms with Crippen molar-refractivity contribution in [1.82, 2.24) is 0 Å². The zero-order valence-electron chi connectivity index (χ0n) is 10.3. The van der Waals surface area contributed by atoms with Gasteiger partial charge in [-0.1, -0.05) is 44.2 Å². The topological polar surface area (TPSA) is 26.3 Å². The van der Waals surface area contributed by atoms with E-state index in [1.54, 1.807) is 0 Å². The second-order valence-corrected chi connectivity index (χ2v) is 7.10. The second-order valence-electron chi connectivity index (χ2n) is 3.95. The molecule has 0 aliphatic carbocycles. The molecule has 0 saturated carbocycles. The summed E-state index contributed by atoms with van der Waals surface area (Å²) in [6.07, 6.45) is -0.293. The third-order valence-electron chi connectivity index (χ3n) is 2.73. The van der Waals surface area contributed by atoms with Crippen LogP contribution in [0.3, 0.4) is 0 Å². The Bertz CT molecular complexity index is 320. The van der Waals surface area contributed by atoms with Crippen molar-refractivity contribution >= 4 is 14.8 Å². The first-order valence-electron chi connectivity index (χ1n) is 5.93. The van der Waals surface area contributed by atoms with E-state index >= 15 is 0 Å². The first-order valence-corrected chi connectivity index (χ1v) is 8.04. The SMILES string of the molecule is CC[SiH](CC)OC(C)C(=O)c1ccccc1. The van der Waals surface area contributed by atoms with Gasteiger partial charge >= 0.3 is 0 Å². The number of hydrogen-bond acceptors (Lipinski definition) is 2. The Hall–Kier alpha value is -0.933. The van der Waals surface area contributed by atoms with Gasteiger partial charge in [0.25, 0.3) is 0 Å². The smallest absolute Gasteiger partial charge is 0.190 e. The van der Waals surface area contributed by atoms with E-state index in [4.69, 9.17) is 4.43 Å². The molecule has 0 aromatic heterocycles. The van der Waals surface area contributed by atoms with Crippen molar-refractivity contribution in [3.63, 3.8) is 0 Å². The molecule has 1 atom stereocenters. The Labute approximate surface area is 99.4 Å². The minimum atomic E-state index is -1.15. The van der Waals surface area contributed by atoms with Gasteiger partial charge < -0.3 is 4.43 Å². The van der Waals surface area contributed by atoms with Crippen LogP contribution < -0.4 is 0 Å². The number of carbonyl (C=O) groups is 1. The van der Waals surface area contributed by atoms with Crippen molar-refractivity contribution in [3.8, 4) is 0 Å². The fourth-order valence-electron chi connectivity index (χ4n) is 1.67. The molecule has 1 aromatic carbocycles. The molecule has 0 amide bonds. The van der Waals surface area contributed by atoms with Crippen molar-refractivity contribution in [3.05, 3.63) is 35.9 Å². The fraction of sp³-hybridized carbons (Fsp3) is 0.462. The van der Waals surface area contributed by atoms with Gasteiger partial charge in [0.15, 0.2) is 14.8 Å². The van der Waals surface area contributed by atoms with Gasteiger partial charge in [-0.2, -0.15) is 0 Å². The molecular weight excluding hydrogens is 216 g/mol. The summed E-state index contributed by atoms with van der Waals surface area (Å²) in [7, 11) is -1.15. The van der Waals surface area contributed by atoms with Crippen molar-refractivity contribution < 1.29 is 9.22 Å². The van der Waals surface area contributed by atoms with E-state index in [1.807, 2.05) is 37.3 Å². The van der Waals surface area contributed by atoms with Crippen LogP contribution in [0.2, 0.25) is 12.1 Å². The average molecular weight is 236 g/mol. The number of rotatable bonds is 6. The first kappa shape index (κ1) is 13.1. The van der Waals surface area contributed by atoms with Gasteiger partial charge in [0.05, 0.1) is 0 Å². The standard InChI is InChI=1S/C13H20O2Si/c1-4-16(5-2)15-11(3)13(14)12-9-7-6-8-10-12/h6-11,16H,4-5H2,1-3H3. The molecule has 3 heteroatoms. The van der Waals surface area contributed by atoms with Gasteiger partial charge in [0.1, 0.15) is 6.10 Å². The normalized spacial score (nSPS) is 12.8. The summed E-state index contributed by atoms with van der Waals surface area (Å²) in [5.74, 6) is 0.0972. The van der Waals surface area contributed by atoms with Crippen LogP contribution in [-0.2, 0) is 4.43 Å². The zero-order valence-corrected chi connectivity index (χ0v) is 11.4. The van der Waals surface area contributed by atoms with Crippen LogP contribution in [0.25, 0.3) is 0 Å². The van der Waals surface area contributed by atoms with E-state index in [0.29, 0.717) is 0 Å². The molecule has 0 radical (unpaired) electrons. The summed E-state index contributed by atoms with van der Waals surface area (Å²) in [6, 6.07) is 11.5. The highest BCUT2D eigenvalue weighted by Crippen LogP contribution is 2.10. The van der Waals surface area contributed by atoms with Crippen LogP contribution in [0, 0.1) is 0 Å². The van der Waals surface area contributed by atoms with Crippen LogP contribution in [0.1, 0.15) is 31.1 Å². The largest absolute Gasteiger partial charge is 0.410 e. The van der Waals surface area contributed by atoms with Crippen LogP contribution in [0.5, 0.6) is 0 Å². The molecule has 88 valence electrons. The molecule has 0 aliphatic rings. The molecule has 16 heavy (non-hydrogen) atoms. The molecule has 0 bridgehead atoms. The predicted molar refractivity (Wildman–Crippen MR) is 69.4 cm³/mol. The van der Waals surface area contributed by atoms with Gasteiger partial charge in [0, 0.05) is 5.56 Å². The number of benzene rings is 1. The summed E-state index contributed by atoms with van der Waals surface area (Å²) in [4.78, 5) is 12.0. The molecule has 0 heterocycles. The molecule has 0 fully saturated rings. The van der Waals surface area contributed by atoms with Crippen LogP contribution >= 0.6 is 0 Å². The maximum absolute atomic E-state index is 12.0. The summed E-state index contributed by atoms with van der Waals surface area (Å²) in [5, 5.41) is 0. The molecule has 1 rings (SSSR count). The molecule has 2 nitrogen and oxygen atoms in total. The van der Waals surface area contributed by atoms with Crippen LogP contribution in [-0.4, -0.2) is 20.9 Å². The Morgan fingerprint density at radius 3 is 2.31 bits per heavy atom. The molecule has 0 saturated heterocycles. The summed E-state index contributed by atoms with van der Waals surface area (Å²) in [5.41, 5.74) is 0.745. The summed E-state index contributed by atoms with van der Waals surface area (Å²) >= 11 is 0. The Morgan fingerprint density at radius 2 is 1.81 bits per heavy atom. The monoisotopic (exact) mass is 236 g/mol. The molecular formula is C13H20O2Si. The zero-order chi connectivity index (χ0) is 12.0. The second kappa shape index (κ2) is 6.61. The van der Waals surface area contributed by atoms with E-state index < -0.39 is 9.04 Å². The fourth-order valence-corrected chi connectivity index (χ4v) is 3.33. The average Bonchev–Trinajstić information content (AvgIpc) is 2.35. The lowest BCUT2D eigenvalue weighted by molar-refractivity contribution is 0.0814. The molecule has 0 aliphatic heterocycles. The molecule has 1 unspecified atom stereocenters. The maximum atomic E-state index is 12.0. The highest BCUT2D eigenvalue weighted by molar-refractivity contribution is 6.51. The van der Waals surface area contributed by atoms with Crippen molar-refractivity contribution in [1.29, 1.82) is 0 Å². The van der Waals surface area contributed by atoms with Gasteiger partial charge in [-0.25, -0.2) is 0 Å². The molecule has 0 spiro atoms. The number of hydrogen-bond donors (Lipinski definition) is 0. The van der Waals surface area contributed by atoms with E-state index in [1.165, 1.54) is 0 Å². The van der Waals surface area contributed by atoms with E-state index in [-0.39, 0.29) is 11.9 Å². The minimum absolute atomic E-state index is 0.0972. The Kier molecular flexibility index (Phi) is 5.42. The first-order chi connectivity index (χ1) is 7.69. The third kappa shape index (κ3) is 3.58. The quantitative estimate of drug-likeness (QED) is 0.560. The molecule has 0 N–H and O–H groups in total. The van der Waals surface area contributed by atoms with Gasteiger partial charge in [-0.3, -0.25) is 4.79 Å². The van der Waals surface area contributed by atoms with Crippen molar-refractivity contribution in [2.75, 3.05) is 0 Å². The van der Waals surface area contributed by atoms with E-state index in [0.717, 1.165) is 17.7 Å².